The van der Waals surface area contributed by atoms with Gasteiger partial charge in [-0.15, -0.1) is 0 Å². The standard InChI is InChI=1S/C18H25N5O3S/c1-4-27(24,25)23-9-15-8-22(10-16-6-5-13(2)7-19-16)11-18(15,12-23)17-20-14(3)21-26-17/h5-7,15H,4,8-12H2,1-3H3/t15-,18-/m0/s1. The molecule has 27 heavy (non-hydrogen) atoms. The minimum atomic E-state index is -3.25. The molecule has 8 nitrogen and oxygen atoms in total. The van der Waals surface area contributed by atoms with Gasteiger partial charge in [0.1, 0.15) is 0 Å². The molecule has 0 radical (unpaired) electrons. The van der Waals surface area contributed by atoms with E-state index >= 15 is 0 Å². The van der Waals surface area contributed by atoms with E-state index in [9.17, 15) is 8.42 Å². The van der Waals surface area contributed by atoms with E-state index in [1.165, 1.54) is 0 Å². The first kappa shape index (κ1) is 18.5. The quantitative estimate of drug-likeness (QED) is 0.754. The fourth-order valence-corrected chi connectivity index (χ4v) is 5.46. The third-order valence-electron chi connectivity index (χ3n) is 5.72. The predicted octanol–water partition coefficient (Wildman–Crippen LogP) is 1.12. The molecule has 9 heteroatoms. The second-order valence-corrected chi connectivity index (χ2v) is 9.95. The number of fused-ring (bicyclic) bond motifs is 1. The zero-order valence-corrected chi connectivity index (χ0v) is 16.7. The molecule has 2 aromatic heterocycles. The van der Waals surface area contributed by atoms with Crippen LogP contribution in [0, 0.1) is 19.8 Å². The maximum atomic E-state index is 12.5. The monoisotopic (exact) mass is 391 g/mol. The van der Waals surface area contributed by atoms with E-state index in [-0.39, 0.29) is 11.7 Å². The van der Waals surface area contributed by atoms with Crippen molar-refractivity contribution in [3.63, 3.8) is 0 Å². The first-order chi connectivity index (χ1) is 12.8. The van der Waals surface area contributed by atoms with Crippen molar-refractivity contribution in [2.45, 2.75) is 32.7 Å². The summed E-state index contributed by atoms with van der Waals surface area (Å²) in [5.74, 6) is 1.37. The van der Waals surface area contributed by atoms with Crippen molar-refractivity contribution in [2.75, 3.05) is 31.9 Å². The Labute approximate surface area is 159 Å². The van der Waals surface area contributed by atoms with Crippen LogP contribution < -0.4 is 0 Å². The molecule has 2 aliphatic heterocycles. The zero-order valence-electron chi connectivity index (χ0n) is 15.9. The Morgan fingerprint density at radius 1 is 1.26 bits per heavy atom. The molecule has 0 amide bonds. The van der Waals surface area contributed by atoms with Crippen molar-refractivity contribution in [3.05, 3.63) is 41.3 Å². The third-order valence-corrected chi connectivity index (χ3v) is 7.51. The minimum Gasteiger partial charge on any atom is -0.339 e. The van der Waals surface area contributed by atoms with E-state index in [0.29, 0.717) is 31.3 Å². The van der Waals surface area contributed by atoms with Gasteiger partial charge < -0.3 is 4.52 Å². The van der Waals surface area contributed by atoms with Gasteiger partial charge in [-0.2, -0.15) is 4.98 Å². The molecule has 4 heterocycles. The zero-order chi connectivity index (χ0) is 19.2. The average Bonchev–Trinajstić information content (AvgIpc) is 3.29. The molecule has 0 bridgehead atoms. The SMILES string of the molecule is CCS(=O)(=O)N1C[C@@H]2CN(Cc3ccc(C)cn3)C[C@]2(c2nc(C)no2)C1. The molecule has 2 saturated heterocycles. The van der Waals surface area contributed by atoms with E-state index in [4.69, 9.17) is 4.52 Å². The van der Waals surface area contributed by atoms with Gasteiger partial charge in [0.25, 0.3) is 0 Å². The van der Waals surface area contributed by atoms with Crippen LogP contribution in [0.2, 0.25) is 0 Å². The number of aryl methyl sites for hydroxylation is 2. The molecular formula is C18H25N5O3S. The normalized spacial score (nSPS) is 26.6. The highest BCUT2D eigenvalue weighted by Crippen LogP contribution is 2.45. The molecule has 2 aromatic rings. The second kappa shape index (κ2) is 6.65. The highest BCUT2D eigenvalue weighted by Gasteiger charge is 2.58. The minimum absolute atomic E-state index is 0.107. The van der Waals surface area contributed by atoms with E-state index < -0.39 is 15.4 Å². The molecule has 0 N–H and O–H groups in total. The van der Waals surface area contributed by atoms with Crippen molar-refractivity contribution < 1.29 is 12.9 Å². The lowest BCUT2D eigenvalue weighted by molar-refractivity contribution is 0.243. The maximum absolute atomic E-state index is 12.5. The first-order valence-electron chi connectivity index (χ1n) is 9.25. The average molecular weight is 391 g/mol. The van der Waals surface area contributed by atoms with Crippen LogP contribution in [0.1, 0.15) is 29.9 Å². The fourth-order valence-electron chi connectivity index (χ4n) is 4.26. The number of sulfonamides is 1. The fraction of sp³-hybridized carbons (Fsp3) is 0.611. The smallest absolute Gasteiger partial charge is 0.235 e. The Bertz CT molecular complexity index is 927. The molecule has 2 atom stereocenters. The molecule has 0 aliphatic carbocycles. The van der Waals surface area contributed by atoms with Crippen molar-refractivity contribution in [1.82, 2.24) is 24.3 Å². The Kier molecular flexibility index (Phi) is 4.56. The van der Waals surface area contributed by atoms with E-state index in [0.717, 1.165) is 24.3 Å². The lowest BCUT2D eigenvalue weighted by Crippen LogP contribution is -2.40. The van der Waals surface area contributed by atoms with Gasteiger partial charge in [-0.25, -0.2) is 12.7 Å². The highest BCUT2D eigenvalue weighted by molar-refractivity contribution is 7.89. The molecule has 0 unspecified atom stereocenters. The summed E-state index contributed by atoms with van der Waals surface area (Å²) in [5.41, 5.74) is 1.69. The largest absolute Gasteiger partial charge is 0.339 e. The summed E-state index contributed by atoms with van der Waals surface area (Å²) in [6.07, 6.45) is 1.87. The van der Waals surface area contributed by atoms with Crippen LogP contribution in [0.25, 0.3) is 0 Å². The molecule has 2 fully saturated rings. The second-order valence-electron chi connectivity index (χ2n) is 7.69. The molecular weight excluding hydrogens is 366 g/mol. The first-order valence-corrected chi connectivity index (χ1v) is 10.9. The third kappa shape index (κ3) is 3.28. The topological polar surface area (TPSA) is 92.4 Å². The molecule has 0 saturated carbocycles. The number of pyridine rings is 1. The van der Waals surface area contributed by atoms with Gasteiger partial charge in [0, 0.05) is 44.8 Å². The van der Waals surface area contributed by atoms with Crippen LogP contribution in [0.4, 0.5) is 0 Å². The lowest BCUT2D eigenvalue weighted by atomic mass is 9.81. The van der Waals surface area contributed by atoms with Crippen molar-refractivity contribution in [1.29, 1.82) is 0 Å². The van der Waals surface area contributed by atoms with E-state index in [1.807, 2.05) is 19.2 Å². The Balaban J connectivity index is 1.61. The molecule has 0 spiro atoms. The Morgan fingerprint density at radius 3 is 2.70 bits per heavy atom. The van der Waals surface area contributed by atoms with Crippen molar-refractivity contribution >= 4 is 10.0 Å². The molecule has 0 aromatic carbocycles. The Morgan fingerprint density at radius 2 is 2.07 bits per heavy atom. The number of hydrogen-bond acceptors (Lipinski definition) is 7. The number of aromatic nitrogens is 3. The Hall–Kier alpha value is -1.84. The summed E-state index contributed by atoms with van der Waals surface area (Å²) < 4.78 is 32.0. The summed E-state index contributed by atoms with van der Waals surface area (Å²) >= 11 is 0. The van der Waals surface area contributed by atoms with Crippen molar-refractivity contribution in [3.8, 4) is 0 Å². The van der Waals surface area contributed by atoms with Gasteiger partial charge in [-0.3, -0.25) is 9.88 Å². The number of rotatable bonds is 5. The number of likely N-dealkylation sites (tertiary alicyclic amines) is 1. The molecule has 4 rings (SSSR count). The lowest BCUT2D eigenvalue weighted by Gasteiger charge is -2.25. The van der Waals surface area contributed by atoms with Crippen LogP contribution in [-0.2, 0) is 22.0 Å². The van der Waals surface area contributed by atoms with Gasteiger partial charge in [0.05, 0.1) is 16.9 Å². The van der Waals surface area contributed by atoms with Gasteiger partial charge in [-0.05, 0) is 32.4 Å². The summed E-state index contributed by atoms with van der Waals surface area (Å²) in [6, 6.07) is 4.10. The summed E-state index contributed by atoms with van der Waals surface area (Å²) in [7, 11) is -3.25. The van der Waals surface area contributed by atoms with Crippen LogP contribution in [0.3, 0.4) is 0 Å². The van der Waals surface area contributed by atoms with Gasteiger partial charge in [0.2, 0.25) is 15.9 Å². The van der Waals surface area contributed by atoms with E-state index in [1.54, 1.807) is 18.2 Å². The van der Waals surface area contributed by atoms with E-state index in [2.05, 4.69) is 26.1 Å². The van der Waals surface area contributed by atoms with Gasteiger partial charge >= 0.3 is 0 Å². The van der Waals surface area contributed by atoms with Gasteiger partial charge in [0.15, 0.2) is 5.82 Å². The van der Waals surface area contributed by atoms with Crippen LogP contribution in [0.15, 0.2) is 22.9 Å². The van der Waals surface area contributed by atoms with Crippen molar-refractivity contribution in [2.24, 2.45) is 5.92 Å². The highest BCUT2D eigenvalue weighted by atomic mass is 32.2. The van der Waals surface area contributed by atoms with Gasteiger partial charge in [-0.1, -0.05) is 11.2 Å². The van der Waals surface area contributed by atoms with Crippen LogP contribution >= 0.6 is 0 Å². The molecule has 2 aliphatic rings. The predicted molar refractivity (Wildman–Crippen MR) is 99.5 cm³/mol. The van der Waals surface area contributed by atoms with Crippen LogP contribution in [0.5, 0.6) is 0 Å². The molecule has 146 valence electrons. The summed E-state index contributed by atoms with van der Waals surface area (Å²) in [5, 5.41) is 3.96. The number of nitrogens with zero attached hydrogens (tertiary/aromatic N) is 5. The number of hydrogen-bond donors (Lipinski definition) is 0. The maximum Gasteiger partial charge on any atom is 0.235 e. The summed E-state index contributed by atoms with van der Waals surface area (Å²) in [6.45, 7) is 8.58. The van der Waals surface area contributed by atoms with Crippen LogP contribution in [-0.4, -0.2) is 64.7 Å². The summed E-state index contributed by atoms with van der Waals surface area (Å²) in [4.78, 5) is 11.3.